The molecule has 0 atom stereocenters. The number of benzene rings is 2. The minimum Gasteiger partial charge on any atom is -0.543 e. The Hall–Kier alpha value is -2.02. The third kappa shape index (κ3) is 4.36. The molecular formula is C23H30ClNO4Si. The predicted octanol–water partition coefficient (Wildman–Crippen LogP) is 5.22. The van der Waals surface area contributed by atoms with E-state index < -0.39 is 19.9 Å². The molecule has 1 aliphatic rings. The summed E-state index contributed by atoms with van der Waals surface area (Å²) in [5.74, 6) is 0.355. The number of anilines is 1. The van der Waals surface area contributed by atoms with Crippen LogP contribution in [0.2, 0.25) is 23.2 Å². The van der Waals surface area contributed by atoms with E-state index in [1.54, 1.807) is 18.2 Å². The molecule has 1 heterocycles. The van der Waals surface area contributed by atoms with Crippen molar-refractivity contribution in [1.29, 1.82) is 0 Å². The molecule has 0 aromatic heterocycles. The molecule has 0 saturated carbocycles. The van der Waals surface area contributed by atoms with Crippen LogP contribution in [0.3, 0.4) is 0 Å². The first-order valence-electron chi connectivity index (χ1n) is 10.0. The molecular weight excluding hydrogens is 418 g/mol. The molecule has 1 aliphatic heterocycles. The van der Waals surface area contributed by atoms with E-state index in [0.29, 0.717) is 29.2 Å². The normalized spacial score (nSPS) is 16.1. The first-order valence-corrected chi connectivity index (χ1v) is 13.3. The van der Waals surface area contributed by atoms with Crippen LogP contribution in [-0.2, 0) is 10.3 Å². The van der Waals surface area contributed by atoms with Crippen LogP contribution in [0, 0.1) is 0 Å². The Kier molecular flexibility index (Phi) is 5.97. The van der Waals surface area contributed by atoms with Gasteiger partial charge in [0.25, 0.3) is 0 Å². The van der Waals surface area contributed by atoms with Crippen LogP contribution in [0.1, 0.15) is 36.7 Å². The molecule has 1 saturated heterocycles. The van der Waals surface area contributed by atoms with Gasteiger partial charge in [-0.15, -0.1) is 0 Å². The second-order valence-corrected chi connectivity index (χ2v) is 14.6. The molecule has 0 unspecified atom stereocenters. The Labute approximate surface area is 184 Å². The molecule has 0 aliphatic carbocycles. The van der Waals surface area contributed by atoms with Gasteiger partial charge in [-0.3, -0.25) is 0 Å². The Morgan fingerprint density at radius 2 is 1.83 bits per heavy atom. The van der Waals surface area contributed by atoms with Crippen molar-refractivity contribution < 1.29 is 19.1 Å². The molecule has 0 amide bonds. The van der Waals surface area contributed by atoms with Crippen molar-refractivity contribution in [2.75, 3.05) is 25.1 Å². The number of β-amino-alcohol motifs (C(OH)–C–C–N with tert-alkyl or cyclic N) is 1. The number of hydrogen-bond acceptors (Lipinski definition) is 5. The first-order chi connectivity index (χ1) is 13.9. The van der Waals surface area contributed by atoms with Gasteiger partial charge in [0.2, 0.25) is 8.32 Å². The number of ether oxygens (including phenoxy) is 1. The number of carbonyl (C=O) groups excluding carboxylic acids is 1. The van der Waals surface area contributed by atoms with E-state index in [9.17, 15) is 9.90 Å². The molecule has 7 heteroatoms. The third-order valence-corrected chi connectivity index (χ3v) is 10.8. The highest BCUT2D eigenvalue weighted by Crippen LogP contribution is 2.42. The number of hydrogen-bond donors (Lipinski definition) is 1. The van der Waals surface area contributed by atoms with Gasteiger partial charge in [-0.25, -0.2) is 4.79 Å². The zero-order chi connectivity index (χ0) is 22.3. The largest absolute Gasteiger partial charge is 0.543 e. The topological polar surface area (TPSA) is 59.0 Å². The van der Waals surface area contributed by atoms with Crippen LogP contribution < -0.4 is 9.33 Å². The summed E-state index contributed by atoms with van der Waals surface area (Å²) in [6, 6.07) is 12.7. The average molecular weight is 448 g/mol. The van der Waals surface area contributed by atoms with Crippen molar-refractivity contribution in [3.05, 3.63) is 58.6 Å². The van der Waals surface area contributed by atoms with Crippen LogP contribution in [-0.4, -0.2) is 39.6 Å². The summed E-state index contributed by atoms with van der Waals surface area (Å²) in [6.07, 6.45) is 0. The summed E-state index contributed by atoms with van der Waals surface area (Å²) in [5, 5.41) is 11.7. The number of aliphatic hydroxyl groups is 1. The van der Waals surface area contributed by atoms with Crippen LogP contribution in [0.15, 0.2) is 42.5 Å². The summed E-state index contributed by atoms with van der Waals surface area (Å²) in [4.78, 5) is 13.8. The molecule has 3 rings (SSSR count). The average Bonchev–Trinajstić information content (AvgIpc) is 2.64. The smallest absolute Gasteiger partial charge is 0.337 e. The van der Waals surface area contributed by atoms with Crippen molar-refractivity contribution in [3.8, 4) is 5.75 Å². The lowest BCUT2D eigenvalue weighted by Crippen LogP contribution is -2.59. The molecule has 1 fully saturated rings. The van der Waals surface area contributed by atoms with Crippen LogP contribution >= 0.6 is 11.6 Å². The van der Waals surface area contributed by atoms with Crippen LogP contribution in [0.5, 0.6) is 5.75 Å². The SMILES string of the molecule is COC(=O)c1cccc(C2(O)CN(c3ccc(O[Si](C)(C)C(C)(C)C)cc3Cl)C2)c1. The Morgan fingerprint density at radius 3 is 2.40 bits per heavy atom. The lowest BCUT2D eigenvalue weighted by atomic mass is 9.85. The molecule has 1 N–H and O–H groups in total. The molecule has 0 radical (unpaired) electrons. The molecule has 0 bridgehead atoms. The lowest BCUT2D eigenvalue weighted by molar-refractivity contribution is 0.00747. The van der Waals surface area contributed by atoms with E-state index in [2.05, 4.69) is 33.9 Å². The van der Waals surface area contributed by atoms with Gasteiger partial charge < -0.3 is 19.2 Å². The first kappa shape index (κ1) is 22.7. The van der Waals surface area contributed by atoms with Gasteiger partial charge in [-0.1, -0.05) is 44.5 Å². The second kappa shape index (κ2) is 7.91. The Balaban J connectivity index is 1.73. The van der Waals surface area contributed by atoms with Crippen molar-refractivity contribution in [2.45, 2.75) is 44.5 Å². The highest BCUT2D eigenvalue weighted by Gasteiger charge is 2.44. The molecule has 5 nitrogen and oxygen atoms in total. The molecule has 2 aromatic rings. The number of carbonyl (C=O) groups is 1. The van der Waals surface area contributed by atoms with Gasteiger partial charge in [0, 0.05) is 0 Å². The van der Waals surface area contributed by atoms with Gasteiger partial charge >= 0.3 is 5.97 Å². The molecule has 0 spiro atoms. The fourth-order valence-corrected chi connectivity index (χ4v) is 4.56. The van der Waals surface area contributed by atoms with Crippen molar-refractivity contribution in [3.63, 3.8) is 0 Å². The van der Waals surface area contributed by atoms with E-state index >= 15 is 0 Å². The van der Waals surface area contributed by atoms with Crippen LogP contribution in [0.4, 0.5) is 5.69 Å². The second-order valence-electron chi connectivity index (χ2n) is 9.44. The third-order valence-electron chi connectivity index (χ3n) is 6.16. The van der Waals surface area contributed by atoms with Gasteiger partial charge in [0.1, 0.15) is 11.4 Å². The lowest BCUT2D eigenvalue weighted by Gasteiger charge is -2.48. The van der Waals surface area contributed by atoms with Crippen molar-refractivity contribution in [1.82, 2.24) is 0 Å². The minimum atomic E-state index is -1.94. The number of nitrogens with zero attached hydrogens (tertiary/aromatic N) is 1. The van der Waals surface area contributed by atoms with Gasteiger partial charge in [0.15, 0.2) is 0 Å². The molecule has 30 heavy (non-hydrogen) atoms. The summed E-state index contributed by atoms with van der Waals surface area (Å²) in [5.41, 5.74) is 0.930. The summed E-state index contributed by atoms with van der Waals surface area (Å²) in [7, 11) is -0.600. The number of esters is 1. The monoisotopic (exact) mass is 447 g/mol. The van der Waals surface area contributed by atoms with Gasteiger partial charge in [0.05, 0.1) is 36.5 Å². The Bertz CT molecular complexity index is 948. The summed E-state index contributed by atoms with van der Waals surface area (Å²) < 4.78 is 11.1. The zero-order valence-corrected chi connectivity index (χ0v) is 20.2. The Morgan fingerprint density at radius 1 is 1.17 bits per heavy atom. The van der Waals surface area contributed by atoms with E-state index in [4.69, 9.17) is 20.8 Å². The quantitative estimate of drug-likeness (QED) is 0.503. The van der Waals surface area contributed by atoms with Gasteiger partial charge in [-0.2, -0.15) is 0 Å². The maximum atomic E-state index is 11.8. The standard InChI is InChI=1S/C23H30ClNO4Si/c1-22(2,3)30(5,6)29-18-10-11-20(19(24)13-18)25-14-23(27,15-25)17-9-7-8-16(12-17)21(26)28-4/h7-13,27H,14-15H2,1-6H3. The fraction of sp³-hybridized carbons (Fsp3) is 0.435. The fourth-order valence-electron chi connectivity index (χ4n) is 3.25. The van der Waals surface area contributed by atoms with E-state index in [1.807, 2.05) is 29.2 Å². The van der Waals surface area contributed by atoms with Crippen molar-refractivity contribution in [2.24, 2.45) is 0 Å². The molecule has 162 valence electrons. The van der Waals surface area contributed by atoms with Crippen LogP contribution in [0.25, 0.3) is 0 Å². The maximum Gasteiger partial charge on any atom is 0.337 e. The highest BCUT2D eigenvalue weighted by atomic mass is 35.5. The summed E-state index contributed by atoms with van der Waals surface area (Å²) >= 11 is 6.56. The number of rotatable bonds is 5. The molecule has 2 aromatic carbocycles. The van der Waals surface area contributed by atoms with E-state index in [1.165, 1.54) is 7.11 Å². The van der Waals surface area contributed by atoms with Gasteiger partial charge in [-0.05, 0) is 54.0 Å². The highest BCUT2D eigenvalue weighted by molar-refractivity contribution is 6.74. The number of methoxy groups -OCH3 is 1. The minimum absolute atomic E-state index is 0.102. The van der Waals surface area contributed by atoms with Crippen molar-refractivity contribution >= 4 is 31.6 Å². The predicted molar refractivity (Wildman–Crippen MR) is 123 cm³/mol. The van der Waals surface area contributed by atoms with E-state index in [0.717, 1.165) is 11.4 Å². The number of halogens is 1. The van der Waals surface area contributed by atoms with E-state index in [-0.39, 0.29) is 5.04 Å². The maximum absolute atomic E-state index is 11.8. The zero-order valence-electron chi connectivity index (χ0n) is 18.5. The summed E-state index contributed by atoms with van der Waals surface area (Å²) in [6.45, 7) is 11.8.